The van der Waals surface area contributed by atoms with Gasteiger partial charge >= 0.3 is 19.8 Å². The first-order valence-electron chi connectivity index (χ1n) is 23.9. The van der Waals surface area contributed by atoms with Gasteiger partial charge in [0.1, 0.15) is 12.7 Å². The molecule has 0 aromatic heterocycles. The number of aliphatic carboxylic acids is 1. The summed E-state index contributed by atoms with van der Waals surface area (Å²) < 4.78 is 26.9. The summed E-state index contributed by atoms with van der Waals surface area (Å²) in [6.45, 7) is 2.38. The van der Waals surface area contributed by atoms with Crippen LogP contribution < -0.4 is 5.32 Å². The Kier molecular flexibility index (Phi) is 42.9. The van der Waals surface area contributed by atoms with E-state index >= 15 is 0 Å². The van der Waals surface area contributed by atoms with Crippen molar-refractivity contribution in [3.63, 3.8) is 0 Å². The highest BCUT2D eigenvalue weighted by atomic mass is 31.2. The number of unbranched alkanes of at least 4 members (excludes halogenated alkanes) is 11. The van der Waals surface area contributed by atoms with Crippen LogP contribution in [-0.4, -0.2) is 64.9 Å². The Labute approximate surface area is 386 Å². The van der Waals surface area contributed by atoms with Crippen LogP contribution in [0.25, 0.3) is 0 Å². The number of carboxylic acids is 1. The number of hydrogen-bond donors (Lipinski definition) is 4. The van der Waals surface area contributed by atoms with E-state index in [9.17, 15) is 34.1 Å². The quantitative estimate of drug-likeness (QED) is 0.0200. The van der Waals surface area contributed by atoms with E-state index in [0.29, 0.717) is 19.3 Å². The van der Waals surface area contributed by atoms with E-state index in [0.717, 1.165) is 70.6 Å². The minimum Gasteiger partial charge on any atom is -0.480 e. The predicted octanol–water partition coefficient (Wildman–Crippen LogP) is 13.0. The molecule has 12 heteroatoms. The molecule has 1 amide bonds. The van der Waals surface area contributed by atoms with Gasteiger partial charge in [0.25, 0.3) is 0 Å². The van der Waals surface area contributed by atoms with Crippen LogP contribution in [0.2, 0.25) is 0 Å². The number of aliphatic hydroxyl groups excluding tert-OH is 1. The maximum Gasteiger partial charge on any atom is 0.472 e. The fourth-order valence-electron chi connectivity index (χ4n) is 5.87. The second kappa shape index (κ2) is 45.7. The smallest absolute Gasteiger partial charge is 0.472 e. The van der Waals surface area contributed by atoms with Crippen LogP contribution in [0.3, 0.4) is 0 Å². The van der Waals surface area contributed by atoms with Crippen molar-refractivity contribution in [1.29, 1.82) is 0 Å². The van der Waals surface area contributed by atoms with Crippen LogP contribution in [0.5, 0.6) is 0 Å². The molecule has 4 N–H and O–H groups in total. The largest absolute Gasteiger partial charge is 0.480 e. The van der Waals surface area contributed by atoms with E-state index in [1.165, 1.54) is 51.4 Å². The van der Waals surface area contributed by atoms with E-state index in [2.05, 4.69) is 110 Å². The van der Waals surface area contributed by atoms with Gasteiger partial charge in [0.15, 0.2) is 6.04 Å². The van der Waals surface area contributed by atoms with E-state index in [-0.39, 0.29) is 12.8 Å². The number of allylic oxidation sites excluding steroid dienone is 18. The maximum atomic E-state index is 12.3. The summed E-state index contributed by atoms with van der Waals surface area (Å²) in [4.78, 5) is 46.0. The van der Waals surface area contributed by atoms with Crippen molar-refractivity contribution < 1.29 is 47.8 Å². The molecule has 0 bridgehead atoms. The third kappa shape index (κ3) is 44.7. The fraction of sp³-hybridized carbons (Fsp3) is 0.596. The first-order valence-corrected chi connectivity index (χ1v) is 25.4. The lowest BCUT2D eigenvalue weighted by atomic mass is 10.1. The van der Waals surface area contributed by atoms with Crippen molar-refractivity contribution >= 4 is 25.7 Å². The maximum absolute atomic E-state index is 12.3. The molecule has 11 nitrogen and oxygen atoms in total. The first-order chi connectivity index (χ1) is 31.1. The molecule has 0 heterocycles. The Morgan fingerprint density at radius 1 is 0.516 bits per heavy atom. The molecule has 0 saturated carbocycles. The molecule has 0 fully saturated rings. The number of carboxylic acid groups (broad SMARTS) is 1. The number of esters is 1. The van der Waals surface area contributed by atoms with Crippen molar-refractivity contribution in [2.75, 3.05) is 19.8 Å². The van der Waals surface area contributed by atoms with Gasteiger partial charge in [0, 0.05) is 12.8 Å². The molecule has 0 spiro atoms. The van der Waals surface area contributed by atoms with Gasteiger partial charge in [0.05, 0.1) is 13.2 Å². The number of carbonyl (C=O) groups excluding carboxylic acids is 2. The second-order valence-corrected chi connectivity index (χ2v) is 17.0. The molecule has 0 aliphatic heterocycles. The molecule has 0 aliphatic rings. The lowest BCUT2D eigenvalue weighted by Crippen LogP contribution is -2.43. The Morgan fingerprint density at radius 3 is 1.39 bits per heavy atom. The number of carbonyl (C=O) groups is 3. The van der Waals surface area contributed by atoms with Gasteiger partial charge in [-0.3, -0.25) is 18.6 Å². The molecule has 0 rings (SSSR count). The van der Waals surface area contributed by atoms with Gasteiger partial charge in [-0.25, -0.2) is 9.36 Å². The zero-order valence-electron chi connectivity index (χ0n) is 39.3. The summed E-state index contributed by atoms with van der Waals surface area (Å²) >= 11 is 0. The van der Waals surface area contributed by atoms with Gasteiger partial charge < -0.3 is 25.2 Å². The molecular formula is C52H84NO10P. The minimum absolute atomic E-state index is 0.0135. The molecule has 0 aliphatic carbocycles. The molecule has 64 heavy (non-hydrogen) atoms. The highest BCUT2D eigenvalue weighted by Gasteiger charge is 2.28. The summed E-state index contributed by atoms with van der Waals surface area (Å²) in [5.41, 5.74) is 0. The minimum atomic E-state index is -4.79. The highest BCUT2D eigenvalue weighted by Crippen LogP contribution is 2.43. The number of amides is 1. The number of aliphatic hydroxyl groups is 1. The van der Waals surface area contributed by atoms with Gasteiger partial charge in [-0.05, 0) is 89.9 Å². The Morgan fingerprint density at radius 2 is 0.922 bits per heavy atom. The summed E-state index contributed by atoms with van der Waals surface area (Å²) in [5.74, 6) is -2.51. The molecule has 0 saturated heterocycles. The van der Waals surface area contributed by atoms with Crippen LogP contribution in [0.4, 0.5) is 0 Å². The van der Waals surface area contributed by atoms with Crippen LogP contribution in [0.15, 0.2) is 109 Å². The van der Waals surface area contributed by atoms with Crippen molar-refractivity contribution in [3.05, 3.63) is 109 Å². The fourth-order valence-corrected chi connectivity index (χ4v) is 6.65. The molecule has 3 unspecified atom stereocenters. The molecule has 0 aromatic rings. The highest BCUT2D eigenvalue weighted by molar-refractivity contribution is 7.47. The Bertz CT molecular complexity index is 1490. The third-order valence-corrected chi connectivity index (χ3v) is 10.5. The third-order valence-electron chi connectivity index (χ3n) is 9.56. The molecule has 0 aromatic carbocycles. The number of phosphoric ester groups is 1. The number of nitrogens with one attached hydrogen (secondary N) is 1. The monoisotopic (exact) mass is 914 g/mol. The summed E-state index contributed by atoms with van der Waals surface area (Å²) in [5, 5.41) is 21.8. The summed E-state index contributed by atoms with van der Waals surface area (Å²) in [7, 11) is -4.79. The zero-order valence-corrected chi connectivity index (χ0v) is 40.2. The zero-order chi connectivity index (χ0) is 47.0. The molecule has 3 atom stereocenters. The van der Waals surface area contributed by atoms with Crippen LogP contribution >= 0.6 is 7.82 Å². The van der Waals surface area contributed by atoms with Gasteiger partial charge in [0.2, 0.25) is 5.91 Å². The summed E-state index contributed by atoms with van der Waals surface area (Å²) in [6.07, 6.45) is 59.8. The Balaban J connectivity index is 3.99. The van der Waals surface area contributed by atoms with Crippen molar-refractivity contribution in [1.82, 2.24) is 5.32 Å². The molecular weight excluding hydrogens is 830 g/mol. The molecule has 362 valence electrons. The normalized spacial score (nSPS) is 14.6. The molecule has 0 radical (unpaired) electrons. The van der Waals surface area contributed by atoms with Crippen molar-refractivity contribution in [2.45, 2.75) is 180 Å². The average Bonchev–Trinajstić information content (AvgIpc) is 3.27. The number of hydrogen-bond acceptors (Lipinski definition) is 8. The van der Waals surface area contributed by atoms with E-state index in [1.54, 1.807) is 0 Å². The van der Waals surface area contributed by atoms with Gasteiger partial charge in [-0.15, -0.1) is 0 Å². The topological polar surface area (TPSA) is 169 Å². The van der Waals surface area contributed by atoms with Crippen LogP contribution in [-0.2, 0) is 32.7 Å². The number of ether oxygens (including phenoxy) is 1. The van der Waals surface area contributed by atoms with Crippen LogP contribution in [0, 0.1) is 0 Å². The van der Waals surface area contributed by atoms with E-state index < -0.39 is 57.6 Å². The SMILES string of the molecule is CC/C=C\C/C=C\C/C=C\C/C=C\C/C=C\C/C=C\CCC(=O)NC(COP(=O)(O)OCC(O)COC(=O)CCCCCCCCCC/C=C\C/C=C\C/C=C\CCCCC)C(=O)O. The number of rotatable bonds is 43. The lowest BCUT2D eigenvalue weighted by molar-refractivity contribution is -0.147. The predicted molar refractivity (Wildman–Crippen MR) is 263 cm³/mol. The van der Waals surface area contributed by atoms with Gasteiger partial charge in [-0.2, -0.15) is 0 Å². The number of phosphoric acid groups is 1. The summed E-state index contributed by atoms with van der Waals surface area (Å²) in [6, 6.07) is -1.60. The van der Waals surface area contributed by atoms with E-state index in [1.807, 2.05) is 18.2 Å². The Hall–Kier alpha value is -3.86. The van der Waals surface area contributed by atoms with E-state index in [4.69, 9.17) is 13.8 Å². The lowest BCUT2D eigenvalue weighted by Gasteiger charge is -2.18. The standard InChI is InChI=1S/C52H84NO10P/c1-3-5-7-9-11-13-15-17-19-21-23-24-26-28-30-32-34-36-38-40-42-44-51(56)61-45-48(54)46-62-64(59,60)63-47-49(52(57)58)53-50(55)43-41-39-37-35-33-31-29-27-25-22-20-18-16-14-12-10-8-6-4-2/h6,8,11-14,17-20,23-25,27,31,33,37,39,48-49,54H,3-5,7,9-10,15-16,21-22,26,28-30,32,34-36,38,40-47H2,1-2H3,(H,53,55)(H,57,58)(H,59,60)/b8-6-,13-11-,14-12-,19-17-,20-18-,24-23-,27-25-,33-31-,39-37-. The van der Waals surface area contributed by atoms with Crippen molar-refractivity contribution in [2.24, 2.45) is 0 Å². The van der Waals surface area contributed by atoms with Crippen molar-refractivity contribution in [3.8, 4) is 0 Å². The van der Waals surface area contributed by atoms with Crippen LogP contribution in [0.1, 0.15) is 168 Å². The second-order valence-electron chi connectivity index (χ2n) is 15.6. The van der Waals surface area contributed by atoms with Gasteiger partial charge in [-0.1, -0.05) is 175 Å². The first kappa shape index (κ1) is 60.1. The average molecular weight is 914 g/mol.